The molecule has 0 aliphatic rings. The lowest BCUT2D eigenvalue weighted by molar-refractivity contribution is -0.386. The maximum absolute atomic E-state index is 11.1. The number of benzene rings is 1. The first-order chi connectivity index (χ1) is 10.1. The lowest BCUT2D eigenvalue weighted by Crippen LogP contribution is -2.21. The molecule has 6 heteroatoms. The van der Waals surface area contributed by atoms with Gasteiger partial charge in [0.1, 0.15) is 6.61 Å². The highest BCUT2D eigenvalue weighted by atomic mass is 32.1. The van der Waals surface area contributed by atoms with Gasteiger partial charge in [0.25, 0.3) is 0 Å². The Hall–Kier alpha value is -1.92. The predicted octanol–water partition coefficient (Wildman–Crippen LogP) is 3.73. The average molecular weight is 306 g/mol. The number of hydrogen-bond acceptors (Lipinski definition) is 5. The molecule has 0 atom stereocenters. The van der Waals surface area contributed by atoms with E-state index in [1.54, 1.807) is 23.5 Å². The van der Waals surface area contributed by atoms with Crippen LogP contribution >= 0.6 is 11.3 Å². The predicted molar refractivity (Wildman–Crippen MR) is 83.7 cm³/mol. The van der Waals surface area contributed by atoms with Gasteiger partial charge in [-0.25, -0.2) is 0 Å². The van der Waals surface area contributed by atoms with Crippen LogP contribution in [0.3, 0.4) is 0 Å². The summed E-state index contributed by atoms with van der Waals surface area (Å²) in [6.45, 7) is 5.11. The van der Waals surface area contributed by atoms with E-state index < -0.39 is 4.92 Å². The molecule has 0 aliphatic heterocycles. The Bertz CT molecular complexity index is 597. The zero-order chi connectivity index (χ0) is 15.2. The molecule has 5 nitrogen and oxygen atoms in total. The minimum Gasteiger partial charge on any atom is -0.481 e. The van der Waals surface area contributed by atoms with Gasteiger partial charge in [0.15, 0.2) is 5.75 Å². The number of hydrogen-bond donors (Lipinski definition) is 1. The molecule has 0 saturated carbocycles. The second kappa shape index (κ2) is 7.19. The first-order valence-corrected chi connectivity index (χ1v) is 7.60. The van der Waals surface area contributed by atoms with Gasteiger partial charge in [0, 0.05) is 23.5 Å². The maximum Gasteiger partial charge on any atom is 0.310 e. The van der Waals surface area contributed by atoms with Gasteiger partial charge in [0.05, 0.1) is 4.92 Å². The Morgan fingerprint density at radius 3 is 2.81 bits per heavy atom. The van der Waals surface area contributed by atoms with E-state index in [4.69, 9.17) is 4.74 Å². The third kappa shape index (κ3) is 4.54. The summed E-state index contributed by atoms with van der Waals surface area (Å²) in [6, 6.07) is 9.23. The SMILES string of the molecule is CC(C)NCc1ccc([N+](=O)[O-])c(OCc2cccs2)c1. The Morgan fingerprint density at radius 1 is 1.38 bits per heavy atom. The third-order valence-electron chi connectivity index (χ3n) is 2.89. The van der Waals surface area contributed by atoms with Gasteiger partial charge < -0.3 is 10.1 Å². The second-order valence-corrected chi connectivity index (χ2v) is 6.00. The molecule has 0 amide bonds. The molecule has 0 fully saturated rings. The number of rotatable bonds is 7. The van der Waals surface area contributed by atoms with Gasteiger partial charge in [0.2, 0.25) is 0 Å². The first kappa shape index (κ1) is 15.5. The number of nitrogens with zero attached hydrogens (tertiary/aromatic N) is 1. The number of thiophene rings is 1. The van der Waals surface area contributed by atoms with E-state index >= 15 is 0 Å². The van der Waals surface area contributed by atoms with Crippen molar-refractivity contribution in [2.45, 2.75) is 33.0 Å². The largest absolute Gasteiger partial charge is 0.481 e. The smallest absolute Gasteiger partial charge is 0.310 e. The van der Waals surface area contributed by atoms with Crippen LogP contribution in [-0.4, -0.2) is 11.0 Å². The summed E-state index contributed by atoms with van der Waals surface area (Å²) in [5.41, 5.74) is 0.968. The van der Waals surface area contributed by atoms with E-state index in [-0.39, 0.29) is 5.69 Å². The summed E-state index contributed by atoms with van der Waals surface area (Å²) in [4.78, 5) is 11.7. The molecule has 2 rings (SSSR count). The van der Waals surface area contributed by atoms with Gasteiger partial charge in [-0.15, -0.1) is 11.3 Å². The fraction of sp³-hybridized carbons (Fsp3) is 0.333. The van der Waals surface area contributed by atoms with Gasteiger partial charge in [-0.1, -0.05) is 26.0 Å². The lowest BCUT2D eigenvalue weighted by Gasteiger charge is -2.10. The Balaban J connectivity index is 2.14. The molecular formula is C15H18N2O3S. The van der Waals surface area contributed by atoms with Crippen LogP contribution in [0.25, 0.3) is 0 Å². The van der Waals surface area contributed by atoms with Crippen LogP contribution < -0.4 is 10.1 Å². The molecule has 0 bridgehead atoms. The highest BCUT2D eigenvalue weighted by Crippen LogP contribution is 2.29. The van der Waals surface area contributed by atoms with E-state index in [1.807, 2.05) is 17.5 Å². The molecule has 0 radical (unpaired) electrons. The Kier molecular flexibility index (Phi) is 5.30. The molecule has 1 heterocycles. The van der Waals surface area contributed by atoms with E-state index in [1.165, 1.54) is 6.07 Å². The van der Waals surface area contributed by atoms with Crippen molar-refractivity contribution < 1.29 is 9.66 Å². The molecule has 21 heavy (non-hydrogen) atoms. The Labute approximate surface area is 127 Å². The van der Waals surface area contributed by atoms with Crippen molar-refractivity contribution in [2.24, 2.45) is 0 Å². The van der Waals surface area contributed by atoms with E-state index in [0.717, 1.165) is 10.4 Å². The molecule has 0 aliphatic carbocycles. The lowest BCUT2D eigenvalue weighted by atomic mass is 10.2. The second-order valence-electron chi connectivity index (χ2n) is 4.96. The van der Waals surface area contributed by atoms with Crippen LogP contribution in [0.2, 0.25) is 0 Å². The van der Waals surface area contributed by atoms with Crippen molar-refractivity contribution in [1.82, 2.24) is 5.32 Å². The van der Waals surface area contributed by atoms with Gasteiger partial charge >= 0.3 is 5.69 Å². The van der Waals surface area contributed by atoms with Crippen molar-refractivity contribution in [1.29, 1.82) is 0 Å². The average Bonchev–Trinajstić information content (AvgIpc) is 2.96. The summed E-state index contributed by atoms with van der Waals surface area (Å²) >= 11 is 1.57. The van der Waals surface area contributed by atoms with Crippen LogP contribution in [0.5, 0.6) is 5.75 Å². The van der Waals surface area contributed by atoms with E-state index in [0.29, 0.717) is 24.9 Å². The molecular weight excluding hydrogens is 288 g/mol. The molecule has 0 spiro atoms. The highest BCUT2D eigenvalue weighted by molar-refractivity contribution is 7.09. The summed E-state index contributed by atoms with van der Waals surface area (Å²) in [5.74, 6) is 0.316. The van der Waals surface area contributed by atoms with Crippen LogP contribution in [-0.2, 0) is 13.2 Å². The van der Waals surface area contributed by atoms with Crippen LogP contribution in [0.4, 0.5) is 5.69 Å². The number of ether oxygens (including phenoxy) is 1. The fourth-order valence-electron chi connectivity index (χ4n) is 1.80. The topological polar surface area (TPSA) is 64.4 Å². The molecule has 112 valence electrons. The summed E-state index contributed by atoms with van der Waals surface area (Å²) in [5, 5.41) is 16.3. The standard InChI is InChI=1S/C15H18N2O3S/c1-11(2)16-9-12-5-6-14(17(18)19)15(8-12)20-10-13-4-3-7-21-13/h3-8,11,16H,9-10H2,1-2H3. The first-order valence-electron chi connectivity index (χ1n) is 6.72. The van der Waals surface area contributed by atoms with E-state index in [9.17, 15) is 10.1 Å². The van der Waals surface area contributed by atoms with Crippen LogP contribution in [0.15, 0.2) is 35.7 Å². The molecule has 0 unspecified atom stereocenters. The van der Waals surface area contributed by atoms with Gasteiger partial charge in [-0.05, 0) is 23.1 Å². The van der Waals surface area contributed by atoms with Crippen molar-refractivity contribution in [3.8, 4) is 5.75 Å². The Morgan fingerprint density at radius 2 is 2.19 bits per heavy atom. The van der Waals surface area contributed by atoms with Crippen LogP contribution in [0.1, 0.15) is 24.3 Å². The number of nitrogens with one attached hydrogen (secondary N) is 1. The van der Waals surface area contributed by atoms with Crippen LogP contribution in [0, 0.1) is 10.1 Å². The number of nitro benzene ring substituents is 1. The molecule has 0 saturated heterocycles. The van der Waals surface area contributed by atoms with Crippen molar-refractivity contribution in [3.05, 3.63) is 56.3 Å². The number of nitro groups is 1. The van der Waals surface area contributed by atoms with Crippen molar-refractivity contribution in [2.75, 3.05) is 0 Å². The van der Waals surface area contributed by atoms with E-state index in [2.05, 4.69) is 19.2 Å². The maximum atomic E-state index is 11.1. The summed E-state index contributed by atoms with van der Waals surface area (Å²) < 4.78 is 5.63. The van der Waals surface area contributed by atoms with Crippen molar-refractivity contribution >= 4 is 17.0 Å². The molecule has 2 aromatic rings. The van der Waals surface area contributed by atoms with Gasteiger partial charge in [-0.2, -0.15) is 0 Å². The third-order valence-corrected chi connectivity index (χ3v) is 3.74. The minimum absolute atomic E-state index is 0.000136. The quantitative estimate of drug-likeness (QED) is 0.625. The zero-order valence-electron chi connectivity index (χ0n) is 12.0. The monoisotopic (exact) mass is 306 g/mol. The highest BCUT2D eigenvalue weighted by Gasteiger charge is 2.16. The fourth-order valence-corrected chi connectivity index (χ4v) is 2.42. The zero-order valence-corrected chi connectivity index (χ0v) is 12.9. The normalized spacial score (nSPS) is 10.8. The minimum atomic E-state index is -0.413. The molecule has 1 aromatic carbocycles. The summed E-state index contributed by atoms with van der Waals surface area (Å²) in [7, 11) is 0. The molecule has 1 N–H and O–H groups in total. The molecule has 1 aromatic heterocycles. The van der Waals surface area contributed by atoms with Gasteiger partial charge in [-0.3, -0.25) is 10.1 Å². The van der Waals surface area contributed by atoms with Crippen molar-refractivity contribution in [3.63, 3.8) is 0 Å². The summed E-state index contributed by atoms with van der Waals surface area (Å²) in [6.07, 6.45) is 0.